The van der Waals surface area contributed by atoms with Crippen molar-refractivity contribution in [2.24, 2.45) is 10.8 Å². The van der Waals surface area contributed by atoms with Gasteiger partial charge in [0.2, 0.25) is 0 Å². The average molecular weight is 262 g/mol. The van der Waals surface area contributed by atoms with Crippen LogP contribution in [0.3, 0.4) is 0 Å². The van der Waals surface area contributed by atoms with Gasteiger partial charge in [0.05, 0.1) is 12.2 Å². The zero-order valence-corrected chi connectivity index (χ0v) is 13.0. The van der Waals surface area contributed by atoms with E-state index in [9.17, 15) is 10.2 Å². The van der Waals surface area contributed by atoms with Crippen LogP contribution in [-0.4, -0.2) is 34.6 Å². The molecule has 0 rings (SSSR count). The van der Waals surface area contributed by atoms with E-state index in [4.69, 9.17) is 9.78 Å². The molecule has 2 N–H and O–H groups in total. The summed E-state index contributed by atoms with van der Waals surface area (Å²) in [6.07, 6.45) is -2.17. The number of aliphatic hydroxyl groups is 2. The SMILES string of the molecule is CC(O)C(OOC(C(C)O)C(C)(C)C)C(C)(C)C. The lowest BCUT2D eigenvalue weighted by atomic mass is 9.86. The van der Waals surface area contributed by atoms with Crippen LogP contribution in [-0.2, 0) is 9.78 Å². The summed E-state index contributed by atoms with van der Waals surface area (Å²) in [5, 5.41) is 19.5. The summed E-state index contributed by atoms with van der Waals surface area (Å²) in [6, 6.07) is 0. The molecule has 0 radical (unpaired) electrons. The van der Waals surface area contributed by atoms with Crippen LogP contribution in [0.5, 0.6) is 0 Å². The summed E-state index contributed by atoms with van der Waals surface area (Å²) < 4.78 is 0. The van der Waals surface area contributed by atoms with E-state index >= 15 is 0 Å². The Morgan fingerprint density at radius 2 is 0.889 bits per heavy atom. The Balaban J connectivity index is 4.69. The van der Waals surface area contributed by atoms with Gasteiger partial charge in [-0.2, -0.15) is 0 Å². The third-order valence-electron chi connectivity index (χ3n) is 2.85. The van der Waals surface area contributed by atoms with Crippen molar-refractivity contribution >= 4 is 0 Å². The molecule has 4 atom stereocenters. The molecular formula is C14H30O4. The number of hydrogen-bond donors (Lipinski definition) is 2. The fourth-order valence-electron chi connectivity index (χ4n) is 2.02. The molecule has 0 amide bonds. The van der Waals surface area contributed by atoms with E-state index < -0.39 is 24.4 Å². The Bertz CT molecular complexity index is 209. The van der Waals surface area contributed by atoms with Crippen LogP contribution < -0.4 is 0 Å². The number of hydrogen-bond acceptors (Lipinski definition) is 4. The highest BCUT2D eigenvalue weighted by Crippen LogP contribution is 2.29. The smallest absolute Gasteiger partial charge is 0.123 e. The van der Waals surface area contributed by atoms with E-state index in [1.807, 2.05) is 41.5 Å². The highest BCUT2D eigenvalue weighted by atomic mass is 17.2. The zero-order valence-electron chi connectivity index (χ0n) is 13.0. The quantitative estimate of drug-likeness (QED) is 0.590. The second kappa shape index (κ2) is 6.33. The highest BCUT2D eigenvalue weighted by Gasteiger charge is 2.36. The molecule has 0 bridgehead atoms. The monoisotopic (exact) mass is 262 g/mol. The molecular weight excluding hydrogens is 232 g/mol. The van der Waals surface area contributed by atoms with E-state index in [1.54, 1.807) is 13.8 Å². The Morgan fingerprint density at radius 3 is 1.00 bits per heavy atom. The van der Waals surface area contributed by atoms with Crippen LogP contribution in [0.1, 0.15) is 55.4 Å². The molecule has 0 fully saturated rings. The summed E-state index contributed by atoms with van der Waals surface area (Å²) in [6.45, 7) is 15.2. The maximum atomic E-state index is 9.73. The molecule has 0 aromatic rings. The van der Waals surface area contributed by atoms with Gasteiger partial charge in [-0.3, -0.25) is 0 Å². The molecule has 0 aliphatic carbocycles. The van der Waals surface area contributed by atoms with Crippen molar-refractivity contribution in [1.82, 2.24) is 0 Å². The van der Waals surface area contributed by atoms with Gasteiger partial charge in [-0.15, -0.1) is 0 Å². The Kier molecular flexibility index (Phi) is 6.27. The summed E-state index contributed by atoms with van der Waals surface area (Å²) in [4.78, 5) is 10.8. The van der Waals surface area contributed by atoms with Crippen molar-refractivity contribution in [1.29, 1.82) is 0 Å². The largest absolute Gasteiger partial charge is 0.391 e. The Labute approximate surface area is 111 Å². The summed E-state index contributed by atoms with van der Waals surface area (Å²) in [5.74, 6) is 0. The van der Waals surface area contributed by atoms with E-state index in [0.29, 0.717) is 0 Å². The molecule has 110 valence electrons. The van der Waals surface area contributed by atoms with Gasteiger partial charge in [-0.25, -0.2) is 9.78 Å². The first-order valence-electron chi connectivity index (χ1n) is 6.55. The standard InChI is InChI=1S/C14H30O4/c1-9(15)11(13(3,4)5)17-18-12(10(2)16)14(6,7)8/h9-12,15-16H,1-8H3. The van der Waals surface area contributed by atoms with Gasteiger partial charge < -0.3 is 10.2 Å². The fraction of sp³-hybridized carbons (Fsp3) is 1.00. The van der Waals surface area contributed by atoms with E-state index in [2.05, 4.69) is 0 Å². The van der Waals surface area contributed by atoms with Crippen LogP contribution in [0.15, 0.2) is 0 Å². The second-order valence-corrected chi connectivity index (χ2v) is 7.25. The summed E-state index contributed by atoms with van der Waals surface area (Å²) in [5.41, 5.74) is -0.482. The second-order valence-electron chi connectivity index (χ2n) is 7.25. The Morgan fingerprint density at radius 1 is 0.667 bits per heavy atom. The van der Waals surface area contributed by atoms with Crippen molar-refractivity contribution in [3.8, 4) is 0 Å². The van der Waals surface area contributed by atoms with Crippen molar-refractivity contribution in [2.75, 3.05) is 0 Å². The predicted molar refractivity (Wildman–Crippen MR) is 72.0 cm³/mol. The topological polar surface area (TPSA) is 58.9 Å². The number of rotatable bonds is 5. The first-order valence-corrected chi connectivity index (χ1v) is 6.55. The van der Waals surface area contributed by atoms with Crippen LogP contribution >= 0.6 is 0 Å². The van der Waals surface area contributed by atoms with Gasteiger partial charge in [0.1, 0.15) is 12.2 Å². The van der Waals surface area contributed by atoms with Gasteiger partial charge in [-0.05, 0) is 24.7 Å². The predicted octanol–water partition coefficient (Wildman–Crippen LogP) is 2.53. The van der Waals surface area contributed by atoms with Crippen LogP contribution in [0, 0.1) is 10.8 Å². The molecule has 18 heavy (non-hydrogen) atoms. The number of aliphatic hydroxyl groups excluding tert-OH is 2. The molecule has 4 nitrogen and oxygen atoms in total. The van der Waals surface area contributed by atoms with Crippen LogP contribution in [0.25, 0.3) is 0 Å². The Hall–Kier alpha value is -0.160. The molecule has 0 saturated heterocycles. The average Bonchev–Trinajstić information content (AvgIpc) is 2.05. The zero-order chi connectivity index (χ0) is 14.7. The first kappa shape index (κ1) is 17.8. The van der Waals surface area contributed by atoms with E-state index in [-0.39, 0.29) is 10.8 Å². The van der Waals surface area contributed by atoms with Gasteiger partial charge in [0, 0.05) is 0 Å². The molecule has 0 aromatic carbocycles. The van der Waals surface area contributed by atoms with Crippen LogP contribution in [0.2, 0.25) is 0 Å². The summed E-state index contributed by atoms with van der Waals surface area (Å²) in [7, 11) is 0. The third-order valence-corrected chi connectivity index (χ3v) is 2.85. The fourth-order valence-corrected chi connectivity index (χ4v) is 2.02. The summed E-state index contributed by atoms with van der Waals surface area (Å²) >= 11 is 0. The lowest BCUT2D eigenvalue weighted by molar-refractivity contribution is -0.398. The lowest BCUT2D eigenvalue weighted by Crippen LogP contribution is -2.44. The van der Waals surface area contributed by atoms with E-state index in [1.165, 1.54) is 0 Å². The molecule has 0 aliphatic heterocycles. The van der Waals surface area contributed by atoms with Gasteiger partial charge in [0.15, 0.2) is 0 Å². The molecule has 4 heteroatoms. The minimum atomic E-state index is -0.639. The maximum Gasteiger partial charge on any atom is 0.123 e. The molecule has 0 saturated carbocycles. The molecule has 0 spiro atoms. The molecule has 0 aromatic heterocycles. The maximum absolute atomic E-state index is 9.73. The van der Waals surface area contributed by atoms with Gasteiger partial charge >= 0.3 is 0 Å². The molecule has 4 unspecified atom stereocenters. The highest BCUT2D eigenvalue weighted by molar-refractivity contribution is 4.80. The minimum Gasteiger partial charge on any atom is -0.391 e. The molecule has 0 heterocycles. The van der Waals surface area contributed by atoms with Crippen molar-refractivity contribution < 1.29 is 20.0 Å². The molecule has 0 aliphatic rings. The van der Waals surface area contributed by atoms with Gasteiger partial charge in [-0.1, -0.05) is 41.5 Å². The van der Waals surface area contributed by atoms with Crippen molar-refractivity contribution in [2.45, 2.75) is 79.8 Å². The minimum absolute atomic E-state index is 0.241. The third kappa shape index (κ3) is 5.65. The van der Waals surface area contributed by atoms with Gasteiger partial charge in [0.25, 0.3) is 0 Å². The first-order chi connectivity index (χ1) is 7.87. The van der Waals surface area contributed by atoms with Crippen molar-refractivity contribution in [3.63, 3.8) is 0 Å². The van der Waals surface area contributed by atoms with Crippen LogP contribution in [0.4, 0.5) is 0 Å². The van der Waals surface area contributed by atoms with E-state index in [0.717, 1.165) is 0 Å². The normalized spacial score (nSPS) is 20.3. The van der Waals surface area contributed by atoms with Crippen molar-refractivity contribution in [3.05, 3.63) is 0 Å². The lowest BCUT2D eigenvalue weighted by Gasteiger charge is -2.36.